The van der Waals surface area contributed by atoms with Crippen molar-refractivity contribution in [2.75, 3.05) is 18.5 Å². The molecule has 0 spiro atoms. The first-order chi connectivity index (χ1) is 16.3. The lowest BCUT2D eigenvalue weighted by Gasteiger charge is -2.39. The normalized spacial score (nSPS) is 15.1. The van der Waals surface area contributed by atoms with Crippen molar-refractivity contribution in [3.05, 3.63) is 94.5 Å². The van der Waals surface area contributed by atoms with Crippen molar-refractivity contribution in [2.45, 2.75) is 40.2 Å². The molecule has 3 aromatic carbocycles. The fourth-order valence-electron chi connectivity index (χ4n) is 4.34. The molecule has 176 valence electrons. The van der Waals surface area contributed by atoms with Gasteiger partial charge in [-0.2, -0.15) is 0 Å². The highest BCUT2D eigenvalue weighted by Gasteiger charge is 2.33. The molecule has 1 unspecified atom stereocenters. The monoisotopic (exact) mass is 456 g/mol. The molecule has 0 radical (unpaired) electrons. The second-order valence-electron chi connectivity index (χ2n) is 9.31. The van der Waals surface area contributed by atoms with E-state index in [0.717, 1.165) is 28.8 Å². The van der Waals surface area contributed by atoms with Crippen LogP contribution in [0.2, 0.25) is 0 Å². The highest BCUT2D eigenvalue weighted by atomic mass is 16.5. The number of rotatable bonds is 6. The zero-order chi connectivity index (χ0) is 24.2. The molecule has 3 aromatic rings. The number of anilines is 1. The Bertz CT molecular complexity index is 1170. The van der Waals surface area contributed by atoms with Crippen LogP contribution >= 0.6 is 0 Å². The van der Waals surface area contributed by atoms with Gasteiger partial charge in [-0.05, 0) is 61.2 Å². The SMILES string of the molecule is Cc1ccc(NC(=O)COc2ccc3c(c2)C(c2ccc(C)cc2)N(C(=O)C(C)C)CC3)cc1. The van der Waals surface area contributed by atoms with Crippen LogP contribution in [0.4, 0.5) is 5.69 Å². The van der Waals surface area contributed by atoms with E-state index in [2.05, 4.69) is 42.6 Å². The summed E-state index contributed by atoms with van der Waals surface area (Å²) in [6.07, 6.45) is 0.796. The van der Waals surface area contributed by atoms with Gasteiger partial charge in [-0.25, -0.2) is 0 Å². The van der Waals surface area contributed by atoms with Gasteiger partial charge in [0.15, 0.2) is 6.61 Å². The van der Waals surface area contributed by atoms with E-state index in [0.29, 0.717) is 12.3 Å². The fourth-order valence-corrected chi connectivity index (χ4v) is 4.34. The summed E-state index contributed by atoms with van der Waals surface area (Å²) in [5, 5.41) is 2.86. The number of ether oxygens (including phenoxy) is 1. The van der Waals surface area contributed by atoms with E-state index in [1.54, 1.807) is 0 Å². The predicted molar refractivity (Wildman–Crippen MR) is 135 cm³/mol. The molecule has 5 nitrogen and oxygen atoms in total. The van der Waals surface area contributed by atoms with Crippen molar-refractivity contribution >= 4 is 17.5 Å². The summed E-state index contributed by atoms with van der Waals surface area (Å²) >= 11 is 0. The third-order valence-corrected chi connectivity index (χ3v) is 6.22. The lowest BCUT2D eigenvalue weighted by Crippen LogP contribution is -2.42. The third-order valence-electron chi connectivity index (χ3n) is 6.22. The van der Waals surface area contributed by atoms with Gasteiger partial charge in [0.1, 0.15) is 5.75 Å². The summed E-state index contributed by atoms with van der Waals surface area (Å²) in [7, 11) is 0. The molecule has 4 rings (SSSR count). The lowest BCUT2D eigenvalue weighted by molar-refractivity contribution is -0.136. The van der Waals surface area contributed by atoms with Gasteiger partial charge in [0.05, 0.1) is 6.04 Å². The van der Waals surface area contributed by atoms with E-state index in [1.807, 2.05) is 62.1 Å². The second kappa shape index (κ2) is 10.1. The predicted octanol–water partition coefficient (Wildman–Crippen LogP) is 5.45. The van der Waals surface area contributed by atoms with Gasteiger partial charge < -0.3 is 15.0 Å². The molecule has 34 heavy (non-hydrogen) atoms. The summed E-state index contributed by atoms with van der Waals surface area (Å²) in [5.74, 6) is 0.460. The highest BCUT2D eigenvalue weighted by Crippen LogP contribution is 2.38. The number of nitrogens with one attached hydrogen (secondary N) is 1. The van der Waals surface area contributed by atoms with Gasteiger partial charge in [0.2, 0.25) is 5.91 Å². The smallest absolute Gasteiger partial charge is 0.262 e. The Balaban J connectivity index is 1.56. The Morgan fingerprint density at radius 3 is 2.26 bits per heavy atom. The maximum atomic E-state index is 13.1. The third kappa shape index (κ3) is 5.30. The molecular formula is C29H32N2O3. The first-order valence-electron chi connectivity index (χ1n) is 11.8. The first-order valence-corrected chi connectivity index (χ1v) is 11.8. The van der Waals surface area contributed by atoms with Gasteiger partial charge in [0, 0.05) is 18.2 Å². The Kier molecular flexibility index (Phi) is 7.01. The summed E-state index contributed by atoms with van der Waals surface area (Å²) in [6, 6.07) is 21.8. The molecule has 1 aliphatic rings. The van der Waals surface area contributed by atoms with E-state index in [-0.39, 0.29) is 30.4 Å². The first kappa shape index (κ1) is 23.6. The zero-order valence-electron chi connectivity index (χ0n) is 20.3. The molecular weight excluding hydrogens is 424 g/mol. The Morgan fingerprint density at radius 1 is 0.971 bits per heavy atom. The minimum atomic E-state index is -0.215. The number of carbonyl (C=O) groups is 2. The van der Waals surface area contributed by atoms with Crippen LogP contribution in [0.1, 0.15) is 47.7 Å². The minimum Gasteiger partial charge on any atom is -0.484 e. The average molecular weight is 457 g/mol. The van der Waals surface area contributed by atoms with E-state index in [1.165, 1.54) is 11.1 Å². The minimum absolute atomic E-state index is 0.0839. The van der Waals surface area contributed by atoms with E-state index in [9.17, 15) is 9.59 Å². The zero-order valence-corrected chi connectivity index (χ0v) is 20.3. The van der Waals surface area contributed by atoms with Gasteiger partial charge in [-0.1, -0.05) is 67.4 Å². The topological polar surface area (TPSA) is 58.6 Å². The average Bonchev–Trinajstić information content (AvgIpc) is 2.83. The van der Waals surface area contributed by atoms with Crippen molar-refractivity contribution in [1.82, 2.24) is 4.90 Å². The van der Waals surface area contributed by atoms with Gasteiger partial charge >= 0.3 is 0 Å². The highest BCUT2D eigenvalue weighted by molar-refractivity contribution is 5.91. The molecule has 1 N–H and O–H groups in total. The van der Waals surface area contributed by atoms with Crippen molar-refractivity contribution in [3.8, 4) is 5.75 Å². The van der Waals surface area contributed by atoms with E-state index < -0.39 is 0 Å². The quantitative estimate of drug-likeness (QED) is 0.537. The van der Waals surface area contributed by atoms with Crippen LogP contribution in [0.15, 0.2) is 66.7 Å². The number of benzene rings is 3. The summed E-state index contributed by atoms with van der Waals surface area (Å²) in [6.45, 7) is 8.54. The summed E-state index contributed by atoms with van der Waals surface area (Å²) in [5.41, 5.74) is 6.40. The number of hydrogen-bond donors (Lipinski definition) is 1. The number of aryl methyl sites for hydroxylation is 2. The largest absolute Gasteiger partial charge is 0.484 e. The van der Waals surface area contributed by atoms with Crippen molar-refractivity contribution in [1.29, 1.82) is 0 Å². The fraction of sp³-hybridized carbons (Fsp3) is 0.310. The number of hydrogen-bond acceptors (Lipinski definition) is 3. The number of nitrogens with zero attached hydrogens (tertiary/aromatic N) is 1. The molecule has 0 saturated heterocycles. The standard InChI is InChI=1S/C29H32N2O3/c1-19(2)29(33)31-16-15-22-11-14-25(17-26(22)28(31)23-9-5-20(3)6-10-23)34-18-27(32)30-24-12-7-21(4)8-13-24/h5-14,17,19,28H,15-16,18H2,1-4H3,(H,30,32). The summed E-state index contributed by atoms with van der Waals surface area (Å²) in [4.78, 5) is 27.5. The van der Waals surface area contributed by atoms with Crippen molar-refractivity contribution in [2.24, 2.45) is 5.92 Å². The molecule has 1 aliphatic heterocycles. The number of carbonyl (C=O) groups excluding carboxylic acids is 2. The molecule has 0 saturated carbocycles. The molecule has 0 fully saturated rings. The Morgan fingerprint density at radius 2 is 1.62 bits per heavy atom. The van der Waals surface area contributed by atoms with Gasteiger partial charge in [-0.3, -0.25) is 9.59 Å². The molecule has 0 aliphatic carbocycles. The Hall–Kier alpha value is -3.60. The molecule has 1 heterocycles. The maximum absolute atomic E-state index is 13.1. The lowest BCUT2D eigenvalue weighted by atomic mass is 9.87. The van der Waals surface area contributed by atoms with Crippen molar-refractivity contribution in [3.63, 3.8) is 0 Å². The van der Waals surface area contributed by atoms with Crippen molar-refractivity contribution < 1.29 is 14.3 Å². The molecule has 2 amide bonds. The van der Waals surface area contributed by atoms with Crippen LogP contribution in [-0.2, 0) is 16.0 Å². The van der Waals surface area contributed by atoms with E-state index in [4.69, 9.17) is 4.74 Å². The number of amides is 2. The Labute approximate surface area is 201 Å². The van der Waals surface area contributed by atoms with Crippen LogP contribution in [0.25, 0.3) is 0 Å². The summed E-state index contributed by atoms with van der Waals surface area (Å²) < 4.78 is 5.86. The molecule has 0 aromatic heterocycles. The van der Waals surface area contributed by atoms with Crippen LogP contribution in [-0.4, -0.2) is 29.9 Å². The van der Waals surface area contributed by atoms with Crippen LogP contribution in [0.5, 0.6) is 5.75 Å². The van der Waals surface area contributed by atoms with Crippen LogP contribution in [0, 0.1) is 19.8 Å². The second-order valence-corrected chi connectivity index (χ2v) is 9.31. The molecule has 1 atom stereocenters. The van der Waals surface area contributed by atoms with Crippen LogP contribution < -0.4 is 10.1 Å². The van der Waals surface area contributed by atoms with Gasteiger partial charge in [0.25, 0.3) is 5.91 Å². The van der Waals surface area contributed by atoms with Gasteiger partial charge in [-0.15, -0.1) is 0 Å². The maximum Gasteiger partial charge on any atom is 0.262 e. The number of fused-ring (bicyclic) bond motifs is 1. The van der Waals surface area contributed by atoms with Crippen LogP contribution in [0.3, 0.4) is 0 Å². The van der Waals surface area contributed by atoms with E-state index >= 15 is 0 Å². The molecule has 0 bridgehead atoms. The molecule has 5 heteroatoms.